The summed E-state index contributed by atoms with van der Waals surface area (Å²) >= 11 is 5.68. The third-order valence-corrected chi connectivity index (χ3v) is 1.66. The lowest BCUT2D eigenvalue weighted by Crippen LogP contribution is -2.08. The molecule has 11 heavy (non-hydrogen) atoms. The van der Waals surface area contributed by atoms with Gasteiger partial charge in [0.05, 0.1) is 11.4 Å². The maximum absolute atomic E-state index is 10.7. The van der Waals surface area contributed by atoms with Gasteiger partial charge in [-0.25, -0.2) is 4.79 Å². The molecule has 1 aliphatic heterocycles. The molecule has 0 unspecified atom stereocenters. The molecule has 1 heterocycles. The fraction of sp³-hybridized carbons (Fsp3) is 0. The lowest BCUT2D eigenvalue weighted by atomic mass is 10.3. The maximum atomic E-state index is 10.7. The van der Waals surface area contributed by atoms with Crippen molar-refractivity contribution in [1.29, 1.82) is 0 Å². The van der Waals surface area contributed by atoms with Gasteiger partial charge in [-0.1, -0.05) is 11.6 Å². The van der Waals surface area contributed by atoms with E-state index in [1.54, 1.807) is 18.2 Å². The molecule has 2 amide bonds. The second-order valence-corrected chi connectivity index (χ2v) is 2.64. The van der Waals surface area contributed by atoms with Gasteiger partial charge in [0, 0.05) is 5.02 Å². The van der Waals surface area contributed by atoms with Crippen LogP contribution in [0, 0.1) is 0 Å². The van der Waals surface area contributed by atoms with Crippen LogP contribution in [0.2, 0.25) is 5.02 Å². The SMILES string of the molecule is O=C1[N]c2ccc(Cl)cc2N1. The number of hydrogen-bond donors (Lipinski definition) is 1. The Morgan fingerprint density at radius 3 is 3.09 bits per heavy atom. The average Bonchev–Trinajstić information content (AvgIpc) is 2.27. The highest BCUT2D eigenvalue weighted by Gasteiger charge is 2.17. The van der Waals surface area contributed by atoms with Crippen molar-refractivity contribution in [2.75, 3.05) is 5.32 Å². The van der Waals surface area contributed by atoms with Crippen molar-refractivity contribution in [3.8, 4) is 0 Å². The Kier molecular flexibility index (Phi) is 1.26. The van der Waals surface area contributed by atoms with Gasteiger partial charge in [0.15, 0.2) is 0 Å². The quantitative estimate of drug-likeness (QED) is 0.632. The summed E-state index contributed by atoms with van der Waals surface area (Å²) < 4.78 is 0. The third kappa shape index (κ3) is 1.03. The minimum Gasteiger partial charge on any atom is -0.304 e. The minimum atomic E-state index is -0.331. The van der Waals surface area contributed by atoms with E-state index in [4.69, 9.17) is 11.6 Å². The average molecular weight is 168 g/mol. The standard InChI is InChI=1S/C7H4ClN2O/c8-4-1-2-5-6(3-4)10-7(11)9-5/h1-3H,(H,10,11). The number of nitrogens with one attached hydrogen (secondary N) is 1. The zero-order chi connectivity index (χ0) is 7.84. The fourth-order valence-corrected chi connectivity index (χ4v) is 1.13. The first-order valence-corrected chi connectivity index (χ1v) is 3.46. The molecular formula is C7H4ClN2O. The topological polar surface area (TPSA) is 43.2 Å². The van der Waals surface area contributed by atoms with Crippen molar-refractivity contribution in [2.45, 2.75) is 0 Å². The van der Waals surface area contributed by atoms with E-state index in [-0.39, 0.29) is 6.03 Å². The summed E-state index contributed by atoms with van der Waals surface area (Å²) in [4.78, 5) is 10.7. The molecule has 0 saturated heterocycles. The molecule has 0 aliphatic carbocycles. The van der Waals surface area contributed by atoms with Crippen LogP contribution < -0.4 is 10.6 Å². The van der Waals surface area contributed by atoms with E-state index < -0.39 is 0 Å². The molecule has 0 aromatic heterocycles. The third-order valence-electron chi connectivity index (χ3n) is 1.42. The maximum Gasteiger partial charge on any atom is 0.346 e. The molecule has 4 heteroatoms. The number of carbonyl (C=O) groups is 1. The van der Waals surface area contributed by atoms with E-state index in [1.807, 2.05) is 0 Å². The molecule has 1 N–H and O–H groups in total. The van der Waals surface area contributed by atoms with Crippen molar-refractivity contribution in [1.82, 2.24) is 5.32 Å². The summed E-state index contributed by atoms with van der Waals surface area (Å²) in [6.07, 6.45) is 0. The highest BCUT2D eigenvalue weighted by molar-refractivity contribution is 6.31. The molecule has 0 bridgehead atoms. The zero-order valence-corrected chi connectivity index (χ0v) is 6.22. The molecule has 0 atom stereocenters. The number of fused-ring (bicyclic) bond motifs is 1. The van der Waals surface area contributed by atoms with Crippen LogP contribution in [0.25, 0.3) is 0 Å². The Hall–Kier alpha value is -1.22. The second-order valence-electron chi connectivity index (χ2n) is 2.20. The van der Waals surface area contributed by atoms with Crippen LogP contribution in [0.1, 0.15) is 0 Å². The van der Waals surface area contributed by atoms with Crippen LogP contribution in [0.3, 0.4) is 0 Å². The molecule has 1 radical (unpaired) electrons. The number of carbonyl (C=O) groups excluding carboxylic acids is 1. The highest BCUT2D eigenvalue weighted by atomic mass is 35.5. The molecule has 3 nitrogen and oxygen atoms in total. The summed E-state index contributed by atoms with van der Waals surface area (Å²) in [5, 5.41) is 6.83. The van der Waals surface area contributed by atoms with Gasteiger partial charge in [0.1, 0.15) is 0 Å². The van der Waals surface area contributed by atoms with E-state index in [2.05, 4.69) is 10.6 Å². The second kappa shape index (κ2) is 2.13. The largest absolute Gasteiger partial charge is 0.346 e. The Balaban J connectivity index is 2.51. The first-order chi connectivity index (χ1) is 5.25. The number of benzene rings is 1. The van der Waals surface area contributed by atoms with Gasteiger partial charge in [0.2, 0.25) is 0 Å². The van der Waals surface area contributed by atoms with Gasteiger partial charge in [-0.3, -0.25) is 0 Å². The Bertz CT molecular complexity index is 324. The lowest BCUT2D eigenvalue weighted by molar-refractivity contribution is 0.256. The van der Waals surface area contributed by atoms with E-state index in [1.165, 1.54) is 0 Å². The molecule has 0 saturated carbocycles. The van der Waals surface area contributed by atoms with Crippen molar-refractivity contribution < 1.29 is 4.79 Å². The molecule has 1 aromatic carbocycles. The molecule has 1 aliphatic rings. The normalized spacial score (nSPS) is 13.7. The molecule has 55 valence electrons. The summed E-state index contributed by atoms with van der Waals surface area (Å²) in [5.41, 5.74) is 1.34. The van der Waals surface area contributed by atoms with Gasteiger partial charge < -0.3 is 5.32 Å². The predicted molar refractivity (Wildman–Crippen MR) is 42.3 cm³/mol. The van der Waals surface area contributed by atoms with Crippen LogP contribution in [0.4, 0.5) is 16.2 Å². The van der Waals surface area contributed by atoms with Crippen LogP contribution in [0.5, 0.6) is 0 Å². The zero-order valence-electron chi connectivity index (χ0n) is 5.47. The van der Waals surface area contributed by atoms with Gasteiger partial charge in [-0.15, -0.1) is 0 Å². The van der Waals surface area contributed by atoms with Crippen molar-refractivity contribution in [3.05, 3.63) is 23.2 Å². The van der Waals surface area contributed by atoms with Crippen molar-refractivity contribution in [3.63, 3.8) is 0 Å². The molecule has 0 spiro atoms. The number of urea groups is 1. The van der Waals surface area contributed by atoms with Crippen LogP contribution in [-0.4, -0.2) is 6.03 Å². The number of rotatable bonds is 0. The van der Waals surface area contributed by atoms with E-state index in [9.17, 15) is 4.79 Å². The Morgan fingerprint density at radius 1 is 1.45 bits per heavy atom. The lowest BCUT2D eigenvalue weighted by Gasteiger charge is -1.94. The number of amides is 2. The minimum absolute atomic E-state index is 0.331. The fourth-order valence-electron chi connectivity index (χ4n) is 0.958. The van der Waals surface area contributed by atoms with Crippen molar-refractivity contribution in [2.24, 2.45) is 0 Å². The Morgan fingerprint density at radius 2 is 2.27 bits per heavy atom. The molecule has 1 aromatic rings. The number of halogens is 1. The number of hydrogen-bond acceptors (Lipinski definition) is 1. The van der Waals surface area contributed by atoms with Gasteiger partial charge in [-0.05, 0) is 18.2 Å². The molecule has 0 fully saturated rings. The van der Waals surface area contributed by atoms with Gasteiger partial charge >= 0.3 is 6.03 Å². The van der Waals surface area contributed by atoms with Gasteiger partial charge in [0.25, 0.3) is 0 Å². The van der Waals surface area contributed by atoms with Crippen molar-refractivity contribution >= 4 is 29.0 Å². The van der Waals surface area contributed by atoms with Crippen LogP contribution in [0.15, 0.2) is 18.2 Å². The smallest absolute Gasteiger partial charge is 0.304 e. The van der Waals surface area contributed by atoms with Crippen LogP contribution >= 0.6 is 11.6 Å². The molecule has 2 rings (SSSR count). The molecular weight excluding hydrogens is 164 g/mol. The monoisotopic (exact) mass is 167 g/mol. The highest BCUT2D eigenvalue weighted by Crippen LogP contribution is 2.29. The van der Waals surface area contributed by atoms with E-state index >= 15 is 0 Å². The Labute approximate surface area is 68.4 Å². The first-order valence-electron chi connectivity index (χ1n) is 3.08. The van der Waals surface area contributed by atoms with E-state index in [0.29, 0.717) is 16.4 Å². The summed E-state index contributed by atoms with van der Waals surface area (Å²) in [5.74, 6) is 0. The number of nitrogens with zero attached hydrogens (tertiary/aromatic N) is 1. The number of anilines is 1. The van der Waals surface area contributed by atoms with Gasteiger partial charge in [-0.2, -0.15) is 5.32 Å². The van der Waals surface area contributed by atoms with E-state index in [0.717, 1.165) is 0 Å². The summed E-state index contributed by atoms with van der Waals surface area (Å²) in [6.45, 7) is 0. The predicted octanol–water partition coefficient (Wildman–Crippen LogP) is 2.12. The summed E-state index contributed by atoms with van der Waals surface area (Å²) in [6, 6.07) is 4.74. The summed E-state index contributed by atoms with van der Waals surface area (Å²) in [7, 11) is 0. The van der Waals surface area contributed by atoms with Crippen LogP contribution in [-0.2, 0) is 0 Å². The first kappa shape index (κ1) is 6.49.